The number of carboxylic acid groups (broad SMARTS) is 1. The molecule has 0 saturated carbocycles. The highest BCUT2D eigenvalue weighted by atomic mass is 32.2. The van der Waals surface area contributed by atoms with Crippen molar-refractivity contribution in [3.05, 3.63) is 23.8 Å². The van der Waals surface area contributed by atoms with Crippen LogP contribution in [0.2, 0.25) is 0 Å². The summed E-state index contributed by atoms with van der Waals surface area (Å²) in [5, 5.41) is 8.76. The third-order valence-electron chi connectivity index (χ3n) is 1.48. The van der Waals surface area contributed by atoms with Crippen molar-refractivity contribution in [3.63, 3.8) is 0 Å². The molecule has 1 aromatic rings. The van der Waals surface area contributed by atoms with Crippen LogP contribution in [0.5, 0.6) is 5.75 Å². The lowest BCUT2D eigenvalue weighted by atomic mass is 10.2. The van der Waals surface area contributed by atoms with Crippen LogP contribution in [0, 0.1) is 0 Å². The van der Waals surface area contributed by atoms with Gasteiger partial charge in [-0.25, -0.2) is 4.79 Å². The van der Waals surface area contributed by atoms with Gasteiger partial charge in [0.1, 0.15) is 5.56 Å². The van der Waals surface area contributed by atoms with Crippen LogP contribution in [-0.2, 0) is 10.1 Å². The van der Waals surface area contributed by atoms with E-state index in [1.807, 2.05) is 0 Å². The number of aromatic carboxylic acids is 1. The monoisotopic (exact) mass is 231 g/mol. The summed E-state index contributed by atoms with van der Waals surface area (Å²) in [6.45, 7) is 0. The van der Waals surface area contributed by atoms with Gasteiger partial charge in [-0.05, 0) is 18.2 Å². The predicted molar refractivity (Wildman–Crippen MR) is 53.3 cm³/mol. The maximum Gasteiger partial charge on any atom is 0.339 e. The van der Waals surface area contributed by atoms with E-state index in [1.165, 1.54) is 12.1 Å². The van der Waals surface area contributed by atoms with E-state index in [4.69, 9.17) is 10.8 Å². The van der Waals surface area contributed by atoms with Crippen molar-refractivity contribution >= 4 is 21.8 Å². The van der Waals surface area contributed by atoms with Crippen molar-refractivity contribution in [1.82, 2.24) is 0 Å². The van der Waals surface area contributed by atoms with Crippen LogP contribution in [-0.4, -0.2) is 25.7 Å². The standard InChI is InChI=1S/C8H9NO5S/c1-15(12,13)14-7-3-2-5(9)4-6(7)8(10)11/h2-4H,9H2,1H3,(H,10,11). The third kappa shape index (κ3) is 3.13. The Morgan fingerprint density at radius 2 is 2.07 bits per heavy atom. The summed E-state index contributed by atoms with van der Waals surface area (Å²) in [4.78, 5) is 10.7. The average Bonchev–Trinajstić information content (AvgIpc) is 2.05. The number of nitrogens with two attached hydrogens (primary N) is 1. The van der Waals surface area contributed by atoms with Gasteiger partial charge in [0.25, 0.3) is 0 Å². The number of benzene rings is 1. The molecule has 0 fully saturated rings. The maximum atomic E-state index is 10.8. The Morgan fingerprint density at radius 1 is 1.47 bits per heavy atom. The summed E-state index contributed by atoms with van der Waals surface area (Å²) in [5.41, 5.74) is 5.29. The SMILES string of the molecule is CS(=O)(=O)Oc1ccc(N)cc1C(=O)O. The number of rotatable bonds is 3. The zero-order chi connectivity index (χ0) is 11.6. The molecule has 0 unspecified atom stereocenters. The molecule has 0 atom stereocenters. The van der Waals surface area contributed by atoms with E-state index in [0.717, 1.165) is 12.3 Å². The molecule has 0 aliphatic rings. The molecule has 0 spiro atoms. The Labute approximate surface area is 86.4 Å². The summed E-state index contributed by atoms with van der Waals surface area (Å²) in [7, 11) is -3.75. The van der Waals surface area contributed by atoms with Crippen LogP contribution in [0.3, 0.4) is 0 Å². The third-order valence-corrected chi connectivity index (χ3v) is 1.96. The molecule has 1 aromatic carbocycles. The molecule has 15 heavy (non-hydrogen) atoms. The topological polar surface area (TPSA) is 107 Å². The molecule has 3 N–H and O–H groups in total. The first-order valence-corrected chi connectivity index (χ1v) is 5.63. The second-order valence-electron chi connectivity index (χ2n) is 2.85. The van der Waals surface area contributed by atoms with Crippen LogP contribution in [0.4, 0.5) is 5.69 Å². The number of hydrogen-bond acceptors (Lipinski definition) is 5. The molecule has 0 bridgehead atoms. The summed E-state index contributed by atoms with van der Waals surface area (Å²) in [5.74, 6) is -1.56. The molecule has 0 aliphatic heterocycles. The van der Waals surface area contributed by atoms with Gasteiger partial charge in [-0.2, -0.15) is 8.42 Å². The van der Waals surface area contributed by atoms with Crippen molar-refractivity contribution in [1.29, 1.82) is 0 Å². The molecule has 1 rings (SSSR count). The highest BCUT2D eigenvalue weighted by Gasteiger charge is 2.15. The van der Waals surface area contributed by atoms with Gasteiger partial charge in [0.2, 0.25) is 0 Å². The van der Waals surface area contributed by atoms with E-state index in [-0.39, 0.29) is 17.0 Å². The van der Waals surface area contributed by atoms with E-state index in [1.54, 1.807) is 0 Å². The molecule has 0 amide bonds. The molecule has 6 nitrogen and oxygen atoms in total. The quantitative estimate of drug-likeness (QED) is 0.572. The van der Waals surface area contributed by atoms with Gasteiger partial charge < -0.3 is 15.0 Å². The van der Waals surface area contributed by atoms with Gasteiger partial charge in [-0.3, -0.25) is 0 Å². The Kier molecular flexibility index (Phi) is 2.85. The normalized spacial score (nSPS) is 11.0. The first-order chi connectivity index (χ1) is 6.79. The minimum absolute atomic E-state index is 0.216. The van der Waals surface area contributed by atoms with Crippen LogP contribution in [0.1, 0.15) is 10.4 Å². The van der Waals surface area contributed by atoms with Crippen LogP contribution in [0.25, 0.3) is 0 Å². The molecule has 0 saturated heterocycles. The van der Waals surface area contributed by atoms with Gasteiger partial charge in [-0.15, -0.1) is 0 Å². The second-order valence-corrected chi connectivity index (χ2v) is 4.42. The second kappa shape index (κ2) is 3.77. The predicted octanol–water partition coefficient (Wildman–Crippen LogP) is 0.305. The maximum absolute atomic E-state index is 10.8. The lowest BCUT2D eigenvalue weighted by Crippen LogP contribution is -2.10. The summed E-state index contributed by atoms with van der Waals surface area (Å²) < 4.78 is 26.1. The highest BCUT2D eigenvalue weighted by molar-refractivity contribution is 7.86. The minimum Gasteiger partial charge on any atom is -0.478 e. The zero-order valence-electron chi connectivity index (χ0n) is 7.80. The number of hydrogen-bond donors (Lipinski definition) is 2. The first-order valence-electron chi connectivity index (χ1n) is 3.82. The smallest absolute Gasteiger partial charge is 0.339 e. The fourth-order valence-corrected chi connectivity index (χ4v) is 1.42. The molecule has 0 aromatic heterocycles. The van der Waals surface area contributed by atoms with Crippen LogP contribution >= 0.6 is 0 Å². The fraction of sp³-hybridized carbons (Fsp3) is 0.125. The Bertz CT molecular complexity index is 494. The van der Waals surface area contributed by atoms with Gasteiger partial charge in [0, 0.05) is 5.69 Å². The molecule has 0 radical (unpaired) electrons. The number of carbonyl (C=O) groups is 1. The van der Waals surface area contributed by atoms with Crippen molar-refractivity contribution in [2.45, 2.75) is 0 Å². The van der Waals surface area contributed by atoms with Crippen molar-refractivity contribution in [2.24, 2.45) is 0 Å². The molecule has 82 valence electrons. The highest BCUT2D eigenvalue weighted by Crippen LogP contribution is 2.22. The van der Waals surface area contributed by atoms with E-state index >= 15 is 0 Å². The first kappa shape index (κ1) is 11.3. The molecule has 0 aliphatic carbocycles. The fourth-order valence-electron chi connectivity index (χ4n) is 0.950. The summed E-state index contributed by atoms with van der Waals surface area (Å²) in [6.07, 6.45) is 0.828. The number of nitrogen functional groups attached to an aromatic ring is 1. The van der Waals surface area contributed by atoms with E-state index in [2.05, 4.69) is 4.18 Å². The Morgan fingerprint density at radius 3 is 2.53 bits per heavy atom. The molecular formula is C8H9NO5S. The van der Waals surface area contributed by atoms with Crippen molar-refractivity contribution < 1.29 is 22.5 Å². The molecule has 0 heterocycles. The Hall–Kier alpha value is -1.76. The summed E-state index contributed by atoms with van der Waals surface area (Å²) in [6, 6.07) is 3.68. The van der Waals surface area contributed by atoms with Crippen LogP contribution in [0.15, 0.2) is 18.2 Å². The van der Waals surface area contributed by atoms with E-state index in [0.29, 0.717) is 0 Å². The van der Waals surface area contributed by atoms with Gasteiger partial charge >= 0.3 is 16.1 Å². The summed E-state index contributed by atoms with van der Waals surface area (Å²) >= 11 is 0. The van der Waals surface area contributed by atoms with Crippen LogP contribution < -0.4 is 9.92 Å². The van der Waals surface area contributed by atoms with Crippen molar-refractivity contribution in [2.75, 3.05) is 12.0 Å². The Balaban J connectivity index is 3.24. The lowest BCUT2D eigenvalue weighted by Gasteiger charge is -2.06. The number of carboxylic acids is 1. The molecular weight excluding hydrogens is 222 g/mol. The minimum atomic E-state index is -3.75. The van der Waals surface area contributed by atoms with E-state index in [9.17, 15) is 13.2 Å². The van der Waals surface area contributed by atoms with Gasteiger partial charge in [0.05, 0.1) is 6.26 Å². The van der Waals surface area contributed by atoms with Crippen molar-refractivity contribution in [3.8, 4) is 5.75 Å². The van der Waals surface area contributed by atoms with Gasteiger partial charge in [-0.1, -0.05) is 0 Å². The van der Waals surface area contributed by atoms with E-state index < -0.39 is 16.1 Å². The molecule has 7 heteroatoms. The van der Waals surface area contributed by atoms with Gasteiger partial charge in [0.15, 0.2) is 5.75 Å². The average molecular weight is 231 g/mol. The largest absolute Gasteiger partial charge is 0.478 e. The lowest BCUT2D eigenvalue weighted by molar-refractivity contribution is 0.0695. The number of anilines is 1. The zero-order valence-corrected chi connectivity index (χ0v) is 8.61.